The lowest BCUT2D eigenvalue weighted by Gasteiger charge is -2.33. The minimum Gasteiger partial charge on any atom is -0.444 e. The normalized spacial score (nSPS) is 16.7. The van der Waals surface area contributed by atoms with Gasteiger partial charge in [-0.1, -0.05) is 11.5 Å². The van der Waals surface area contributed by atoms with Crippen molar-refractivity contribution in [3.8, 4) is 0 Å². The third kappa shape index (κ3) is 3.51. The second-order valence-corrected chi connectivity index (χ2v) is 7.13. The maximum atomic E-state index is 12.1. The van der Waals surface area contributed by atoms with Crippen molar-refractivity contribution in [2.24, 2.45) is 0 Å². The van der Waals surface area contributed by atoms with Crippen LogP contribution in [0.4, 0.5) is 4.79 Å². The predicted molar refractivity (Wildman–Crippen MR) is 90.4 cm³/mol. The summed E-state index contributed by atoms with van der Waals surface area (Å²) in [5.41, 5.74) is 2.42. The van der Waals surface area contributed by atoms with Crippen LogP contribution in [0.15, 0.2) is 24.5 Å². The third-order valence-corrected chi connectivity index (χ3v) is 4.19. The topological polar surface area (TPSA) is 46.8 Å². The van der Waals surface area contributed by atoms with Crippen molar-refractivity contribution in [1.82, 2.24) is 14.5 Å². The lowest BCUT2D eigenvalue weighted by atomic mass is 9.90. The van der Waals surface area contributed by atoms with Gasteiger partial charge in [-0.05, 0) is 51.2 Å². The van der Waals surface area contributed by atoms with Gasteiger partial charge in [-0.15, -0.1) is 0 Å². The number of rotatable bonds is 1. The summed E-state index contributed by atoms with van der Waals surface area (Å²) in [5.74, 6) is 0.434. The molecule has 1 saturated heterocycles. The van der Waals surface area contributed by atoms with E-state index in [-0.39, 0.29) is 6.09 Å². The van der Waals surface area contributed by atoms with E-state index >= 15 is 0 Å². The Balaban J connectivity index is 1.65. The van der Waals surface area contributed by atoms with Gasteiger partial charge in [0.1, 0.15) is 13.4 Å². The molecule has 1 fully saturated rings. The largest absolute Gasteiger partial charge is 0.444 e. The van der Waals surface area contributed by atoms with Crippen molar-refractivity contribution >= 4 is 24.9 Å². The molecule has 2 aromatic rings. The number of piperidine rings is 1. The Morgan fingerprint density at radius 3 is 2.65 bits per heavy atom. The van der Waals surface area contributed by atoms with E-state index in [0.717, 1.165) is 31.4 Å². The van der Waals surface area contributed by atoms with Crippen molar-refractivity contribution < 1.29 is 9.53 Å². The second-order valence-electron chi connectivity index (χ2n) is 7.13. The summed E-state index contributed by atoms with van der Waals surface area (Å²) in [4.78, 5) is 13.9. The summed E-state index contributed by atoms with van der Waals surface area (Å²) >= 11 is 0. The van der Waals surface area contributed by atoms with E-state index in [0.29, 0.717) is 11.4 Å². The van der Waals surface area contributed by atoms with Gasteiger partial charge in [0.05, 0.1) is 5.52 Å². The molecule has 120 valence electrons. The first-order valence-electron chi connectivity index (χ1n) is 8.04. The smallest absolute Gasteiger partial charge is 0.410 e. The zero-order valence-corrected chi connectivity index (χ0v) is 14.0. The van der Waals surface area contributed by atoms with Gasteiger partial charge in [-0.2, -0.15) is 5.10 Å². The summed E-state index contributed by atoms with van der Waals surface area (Å²) in [5, 5.41) is 4.26. The standard InChI is InChI=1S/C17H22BN3O2/c1-17(2,3)23-16(22)20-8-6-12(7-9-20)13-4-5-15-14(18)10-19-21(15)11-13/h4-5,10-12H,6-9H2,1-3H3. The van der Waals surface area contributed by atoms with Crippen LogP contribution in [-0.2, 0) is 4.74 Å². The molecule has 5 nitrogen and oxygen atoms in total. The molecule has 0 aliphatic carbocycles. The average molecular weight is 311 g/mol. The van der Waals surface area contributed by atoms with Crippen LogP contribution in [0.25, 0.3) is 5.52 Å². The SMILES string of the molecule is [B]c1cnn2cc(C3CCN(C(=O)OC(C)(C)C)CC3)ccc12. The van der Waals surface area contributed by atoms with Crippen LogP contribution in [0.2, 0.25) is 0 Å². The fourth-order valence-corrected chi connectivity index (χ4v) is 2.98. The van der Waals surface area contributed by atoms with Crippen molar-refractivity contribution in [3.63, 3.8) is 0 Å². The molecule has 0 N–H and O–H groups in total. The minimum absolute atomic E-state index is 0.216. The Labute approximate surface area is 138 Å². The molecule has 3 heterocycles. The molecule has 0 bridgehead atoms. The zero-order chi connectivity index (χ0) is 16.6. The fourth-order valence-electron chi connectivity index (χ4n) is 2.98. The highest BCUT2D eigenvalue weighted by atomic mass is 16.6. The van der Waals surface area contributed by atoms with Gasteiger partial charge in [-0.3, -0.25) is 0 Å². The highest BCUT2D eigenvalue weighted by molar-refractivity contribution is 6.36. The molecule has 2 radical (unpaired) electrons. The molecule has 0 atom stereocenters. The Bertz CT molecular complexity index is 712. The lowest BCUT2D eigenvalue weighted by molar-refractivity contribution is 0.0205. The number of hydrogen-bond acceptors (Lipinski definition) is 3. The number of likely N-dealkylation sites (tertiary alicyclic amines) is 1. The van der Waals surface area contributed by atoms with Crippen LogP contribution in [0, 0.1) is 0 Å². The molecule has 0 spiro atoms. The monoisotopic (exact) mass is 311 g/mol. The van der Waals surface area contributed by atoms with Crippen molar-refractivity contribution in [2.75, 3.05) is 13.1 Å². The van der Waals surface area contributed by atoms with E-state index in [4.69, 9.17) is 12.6 Å². The number of fused-ring (bicyclic) bond motifs is 1. The van der Waals surface area contributed by atoms with E-state index in [2.05, 4.69) is 11.2 Å². The van der Waals surface area contributed by atoms with E-state index in [9.17, 15) is 4.79 Å². The molecule has 1 aliphatic heterocycles. The van der Waals surface area contributed by atoms with Gasteiger partial charge >= 0.3 is 6.09 Å². The number of carbonyl (C=O) groups is 1. The number of nitrogens with zero attached hydrogens (tertiary/aromatic N) is 3. The molecular formula is C17H22BN3O2. The molecule has 3 rings (SSSR count). The molecule has 0 aromatic carbocycles. The van der Waals surface area contributed by atoms with Gasteiger partial charge in [0.2, 0.25) is 0 Å². The average Bonchev–Trinajstić information content (AvgIpc) is 2.87. The van der Waals surface area contributed by atoms with Crippen LogP contribution in [-0.4, -0.2) is 47.1 Å². The highest BCUT2D eigenvalue weighted by Crippen LogP contribution is 2.28. The van der Waals surface area contributed by atoms with Gasteiger partial charge in [0.15, 0.2) is 0 Å². The molecular weight excluding hydrogens is 289 g/mol. The summed E-state index contributed by atoms with van der Waals surface area (Å²) in [6.07, 6.45) is 5.36. The van der Waals surface area contributed by atoms with Gasteiger partial charge in [0.25, 0.3) is 0 Å². The van der Waals surface area contributed by atoms with Gasteiger partial charge in [0, 0.05) is 25.5 Å². The molecule has 2 aromatic heterocycles. The zero-order valence-electron chi connectivity index (χ0n) is 14.0. The van der Waals surface area contributed by atoms with E-state index in [1.165, 1.54) is 5.56 Å². The highest BCUT2D eigenvalue weighted by Gasteiger charge is 2.27. The molecule has 0 saturated carbocycles. The first-order chi connectivity index (χ1) is 10.8. The molecule has 1 amide bonds. The number of aromatic nitrogens is 2. The summed E-state index contributed by atoms with van der Waals surface area (Å²) in [6.45, 7) is 7.12. The number of hydrogen-bond donors (Lipinski definition) is 0. The minimum atomic E-state index is -0.445. The first-order valence-corrected chi connectivity index (χ1v) is 8.04. The van der Waals surface area contributed by atoms with E-state index < -0.39 is 5.60 Å². The van der Waals surface area contributed by atoms with Crippen LogP contribution in [0.5, 0.6) is 0 Å². The lowest BCUT2D eigenvalue weighted by Crippen LogP contribution is -2.41. The summed E-state index contributed by atoms with van der Waals surface area (Å²) in [6, 6.07) is 4.12. The molecule has 6 heteroatoms. The quantitative estimate of drug-likeness (QED) is 0.759. The van der Waals surface area contributed by atoms with Gasteiger partial charge < -0.3 is 9.64 Å². The van der Waals surface area contributed by atoms with Gasteiger partial charge in [-0.25, -0.2) is 9.31 Å². The van der Waals surface area contributed by atoms with E-state index in [1.807, 2.05) is 37.5 Å². The van der Waals surface area contributed by atoms with Crippen LogP contribution >= 0.6 is 0 Å². The van der Waals surface area contributed by atoms with E-state index in [1.54, 1.807) is 11.1 Å². The summed E-state index contributed by atoms with van der Waals surface area (Å²) in [7, 11) is 5.87. The summed E-state index contributed by atoms with van der Waals surface area (Å²) < 4.78 is 7.26. The van der Waals surface area contributed by atoms with Crippen molar-refractivity contribution in [3.05, 3.63) is 30.1 Å². The number of ether oxygens (including phenoxy) is 1. The third-order valence-electron chi connectivity index (χ3n) is 4.19. The van der Waals surface area contributed by atoms with Crippen LogP contribution < -0.4 is 5.46 Å². The number of carbonyl (C=O) groups excluding carboxylic acids is 1. The maximum absolute atomic E-state index is 12.1. The van der Waals surface area contributed by atoms with Crippen molar-refractivity contribution in [2.45, 2.75) is 45.1 Å². The number of amides is 1. The Morgan fingerprint density at radius 1 is 1.30 bits per heavy atom. The predicted octanol–water partition coefficient (Wildman–Crippen LogP) is 2.24. The van der Waals surface area contributed by atoms with Crippen LogP contribution in [0.3, 0.4) is 0 Å². The van der Waals surface area contributed by atoms with Crippen molar-refractivity contribution in [1.29, 1.82) is 0 Å². The number of pyridine rings is 1. The fraction of sp³-hybridized carbons (Fsp3) is 0.529. The Kier molecular flexibility index (Phi) is 4.09. The molecule has 23 heavy (non-hydrogen) atoms. The van der Waals surface area contributed by atoms with Crippen LogP contribution in [0.1, 0.15) is 45.1 Å². The Hall–Kier alpha value is -1.98. The molecule has 1 aliphatic rings. The first kappa shape index (κ1) is 15.9. The Morgan fingerprint density at radius 2 is 2.00 bits per heavy atom. The maximum Gasteiger partial charge on any atom is 0.410 e. The second kappa shape index (κ2) is 5.91. The molecule has 0 unspecified atom stereocenters.